The highest BCUT2D eigenvalue weighted by atomic mass is 19.1. The van der Waals surface area contributed by atoms with Gasteiger partial charge in [0.15, 0.2) is 0 Å². The molecule has 2 fully saturated rings. The number of aliphatic hydroxyl groups is 1. The molecule has 0 bridgehead atoms. The lowest BCUT2D eigenvalue weighted by Gasteiger charge is -2.34. The van der Waals surface area contributed by atoms with E-state index in [1.54, 1.807) is 17.0 Å². The zero-order valence-corrected chi connectivity index (χ0v) is 13.4. The van der Waals surface area contributed by atoms with Gasteiger partial charge in [-0.3, -0.25) is 9.69 Å². The van der Waals surface area contributed by atoms with Crippen LogP contribution >= 0.6 is 0 Å². The molecule has 23 heavy (non-hydrogen) atoms. The van der Waals surface area contributed by atoms with Gasteiger partial charge < -0.3 is 14.9 Å². The Morgan fingerprint density at radius 3 is 2.39 bits per heavy atom. The first kappa shape index (κ1) is 16.2. The molecule has 1 aromatic rings. The third-order valence-electron chi connectivity index (χ3n) is 4.72. The number of piperazine rings is 1. The molecule has 0 spiro atoms. The van der Waals surface area contributed by atoms with Gasteiger partial charge in [0.1, 0.15) is 5.82 Å². The highest BCUT2D eigenvalue weighted by Crippen LogP contribution is 2.25. The second kappa shape index (κ2) is 7.27. The van der Waals surface area contributed by atoms with Crippen LogP contribution in [0.3, 0.4) is 0 Å². The van der Waals surface area contributed by atoms with Crippen molar-refractivity contribution in [3.8, 4) is 0 Å². The van der Waals surface area contributed by atoms with Crippen molar-refractivity contribution in [2.75, 3.05) is 57.3 Å². The van der Waals surface area contributed by atoms with Gasteiger partial charge in [0.25, 0.3) is 5.91 Å². The van der Waals surface area contributed by atoms with Crippen molar-refractivity contribution in [1.82, 2.24) is 9.80 Å². The molecule has 3 rings (SSSR count). The molecule has 1 N–H and O–H groups in total. The average Bonchev–Trinajstić information content (AvgIpc) is 3.09. The minimum atomic E-state index is -0.309. The van der Waals surface area contributed by atoms with Crippen LogP contribution in [0, 0.1) is 5.82 Å². The highest BCUT2D eigenvalue weighted by Gasteiger charge is 2.23. The van der Waals surface area contributed by atoms with Crippen LogP contribution in [0.2, 0.25) is 0 Å². The van der Waals surface area contributed by atoms with E-state index in [-0.39, 0.29) is 18.3 Å². The number of rotatable bonds is 4. The number of carbonyl (C=O) groups excluding carboxylic acids is 1. The summed E-state index contributed by atoms with van der Waals surface area (Å²) in [6.45, 7) is 5.29. The molecular weight excluding hydrogens is 297 g/mol. The average molecular weight is 321 g/mol. The minimum Gasteiger partial charge on any atom is -0.395 e. The smallest absolute Gasteiger partial charge is 0.254 e. The quantitative estimate of drug-likeness (QED) is 0.904. The minimum absolute atomic E-state index is 0.111. The lowest BCUT2D eigenvalue weighted by Crippen LogP contribution is -2.49. The predicted molar refractivity (Wildman–Crippen MR) is 87.3 cm³/mol. The van der Waals surface area contributed by atoms with Crippen molar-refractivity contribution >= 4 is 11.6 Å². The maximum Gasteiger partial charge on any atom is 0.254 e. The van der Waals surface area contributed by atoms with Gasteiger partial charge in [-0.2, -0.15) is 0 Å². The number of aliphatic hydroxyl groups excluding tert-OH is 1. The van der Waals surface area contributed by atoms with Gasteiger partial charge in [-0.25, -0.2) is 4.39 Å². The number of β-amino-alcohol motifs (C(OH)–C–C–N with tert-alkyl or cyclic N) is 1. The number of nitrogens with zero attached hydrogens (tertiary/aromatic N) is 3. The summed E-state index contributed by atoms with van der Waals surface area (Å²) < 4.78 is 14.3. The molecule has 2 saturated heterocycles. The largest absolute Gasteiger partial charge is 0.395 e. The Kier molecular flexibility index (Phi) is 5.13. The molecule has 2 heterocycles. The maximum atomic E-state index is 14.3. The van der Waals surface area contributed by atoms with Crippen LogP contribution in [0.15, 0.2) is 18.2 Å². The number of benzene rings is 1. The van der Waals surface area contributed by atoms with E-state index >= 15 is 0 Å². The second-order valence-electron chi connectivity index (χ2n) is 6.22. The zero-order chi connectivity index (χ0) is 16.2. The van der Waals surface area contributed by atoms with Crippen LogP contribution in [0.25, 0.3) is 0 Å². The number of anilines is 1. The number of halogens is 1. The molecule has 6 heteroatoms. The number of carbonyl (C=O) groups is 1. The topological polar surface area (TPSA) is 47.0 Å². The Labute approximate surface area is 136 Å². The lowest BCUT2D eigenvalue weighted by atomic mass is 10.1. The van der Waals surface area contributed by atoms with E-state index in [9.17, 15) is 9.18 Å². The molecule has 126 valence electrons. The maximum absolute atomic E-state index is 14.3. The van der Waals surface area contributed by atoms with E-state index in [4.69, 9.17) is 5.11 Å². The van der Waals surface area contributed by atoms with Gasteiger partial charge in [-0.15, -0.1) is 0 Å². The molecule has 1 amide bonds. The Morgan fingerprint density at radius 2 is 1.78 bits per heavy atom. The van der Waals surface area contributed by atoms with Gasteiger partial charge in [0.05, 0.1) is 12.3 Å². The lowest BCUT2D eigenvalue weighted by molar-refractivity contribution is 0.0614. The predicted octanol–water partition coefficient (Wildman–Crippen LogP) is 1.18. The zero-order valence-electron chi connectivity index (χ0n) is 13.4. The third kappa shape index (κ3) is 3.64. The monoisotopic (exact) mass is 321 g/mol. The van der Waals surface area contributed by atoms with Crippen molar-refractivity contribution in [2.45, 2.75) is 12.8 Å². The van der Waals surface area contributed by atoms with Gasteiger partial charge in [0.2, 0.25) is 0 Å². The normalized spacial score (nSPS) is 19.4. The molecular formula is C17H24FN3O2. The number of amides is 1. The van der Waals surface area contributed by atoms with Gasteiger partial charge >= 0.3 is 0 Å². The van der Waals surface area contributed by atoms with Crippen molar-refractivity contribution in [3.05, 3.63) is 29.6 Å². The van der Waals surface area contributed by atoms with Gasteiger partial charge in [-0.05, 0) is 31.0 Å². The Bertz CT molecular complexity index is 553. The fraction of sp³-hybridized carbons (Fsp3) is 0.588. The van der Waals surface area contributed by atoms with Crippen LogP contribution in [0.4, 0.5) is 10.1 Å². The molecule has 2 aliphatic rings. The Balaban J connectivity index is 1.65. The number of hydrogen-bond acceptors (Lipinski definition) is 4. The summed E-state index contributed by atoms with van der Waals surface area (Å²) in [5.74, 6) is -0.419. The summed E-state index contributed by atoms with van der Waals surface area (Å²) >= 11 is 0. The summed E-state index contributed by atoms with van der Waals surface area (Å²) in [7, 11) is 0. The first-order chi connectivity index (χ1) is 11.2. The van der Waals surface area contributed by atoms with Gasteiger partial charge in [0, 0.05) is 51.4 Å². The van der Waals surface area contributed by atoms with E-state index in [0.717, 1.165) is 39.0 Å². The van der Waals surface area contributed by atoms with E-state index in [2.05, 4.69) is 4.90 Å². The SMILES string of the molecule is O=C(c1ccc(N2CCCC2)c(F)c1)N1CCN(CCO)CC1. The summed E-state index contributed by atoms with van der Waals surface area (Å²) in [5.41, 5.74) is 1.02. The molecule has 0 unspecified atom stereocenters. The van der Waals surface area contributed by atoms with Crippen LogP contribution in [0.5, 0.6) is 0 Å². The number of hydrogen-bond donors (Lipinski definition) is 1. The summed E-state index contributed by atoms with van der Waals surface area (Å²) in [5, 5.41) is 8.95. The molecule has 0 saturated carbocycles. The van der Waals surface area contributed by atoms with Crippen molar-refractivity contribution < 1.29 is 14.3 Å². The highest BCUT2D eigenvalue weighted by molar-refractivity contribution is 5.94. The van der Waals surface area contributed by atoms with E-state index in [0.29, 0.717) is 30.9 Å². The van der Waals surface area contributed by atoms with Gasteiger partial charge in [-0.1, -0.05) is 0 Å². The first-order valence-electron chi connectivity index (χ1n) is 8.36. The standard InChI is InChI=1S/C17H24FN3O2/c18-15-13-14(3-4-16(15)20-5-1-2-6-20)17(23)21-9-7-19(8-10-21)11-12-22/h3-4,13,22H,1-2,5-12H2. The van der Waals surface area contributed by atoms with E-state index < -0.39 is 0 Å². The summed E-state index contributed by atoms with van der Waals surface area (Å²) in [6, 6.07) is 4.84. The van der Waals surface area contributed by atoms with Crippen LogP contribution in [-0.4, -0.2) is 73.2 Å². The van der Waals surface area contributed by atoms with Crippen molar-refractivity contribution in [2.24, 2.45) is 0 Å². The third-order valence-corrected chi connectivity index (χ3v) is 4.72. The van der Waals surface area contributed by atoms with E-state index in [1.165, 1.54) is 6.07 Å². The molecule has 2 aliphatic heterocycles. The Morgan fingerprint density at radius 1 is 1.09 bits per heavy atom. The van der Waals surface area contributed by atoms with Crippen LogP contribution < -0.4 is 4.90 Å². The molecule has 0 atom stereocenters. The van der Waals surface area contributed by atoms with Crippen molar-refractivity contribution in [3.63, 3.8) is 0 Å². The van der Waals surface area contributed by atoms with E-state index in [1.807, 2.05) is 4.90 Å². The van der Waals surface area contributed by atoms with Crippen LogP contribution in [0.1, 0.15) is 23.2 Å². The fourth-order valence-electron chi connectivity index (χ4n) is 3.35. The fourth-order valence-corrected chi connectivity index (χ4v) is 3.35. The molecule has 1 aromatic carbocycles. The first-order valence-corrected chi connectivity index (χ1v) is 8.36. The molecule has 0 aliphatic carbocycles. The van der Waals surface area contributed by atoms with Crippen molar-refractivity contribution in [1.29, 1.82) is 0 Å². The molecule has 0 aromatic heterocycles. The van der Waals surface area contributed by atoms with Crippen LogP contribution in [-0.2, 0) is 0 Å². The summed E-state index contributed by atoms with van der Waals surface area (Å²) in [6.07, 6.45) is 2.19. The Hall–Kier alpha value is -1.66. The second-order valence-corrected chi connectivity index (χ2v) is 6.22. The molecule has 5 nitrogen and oxygen atoms in total. The molecule has 0 radical (unpaired) electrons. The summed E-state index contributed by atoms with van der Waals surface area (Å²) in [4.78, 5) is 18.5.